The average Bonchev–Trinajstić information content (AvgIpc) is 2.47. The number of nitrogen functional groups attached to an aromatic ring is 1. The van der Waals surface area contributed by atoms with Crippen LogP contribution in [0.1, 0.15) is 32.6 Å². The minimum atomic E-state index is 0.411. The van der Waals surface area contributed by atoms with E-state index in [1.54, 1.807) is 0 Å². The van der Waals surface area contributed by atoms with Crippen LogP contribution in [0.5, 0.6) is 0 Å². The minimum absolute atomic E-state index is 0.411. The van der Waals surface area contributed by atoms with E-state index in [9.17, 15) is 0 Å². The highest BCUT2D eigenvalue weighted by atomic mass is 15.4. The highest BCUT2D eigenvalue weighted by molar-refractivity contribution is 5.44. The summed E-state index contributed by atoms with van der Waals surface area (Å²) in [5.74, 6) is 8.03. The van der Waals surface area contributed by atoms with Crippen LogP contribution in [0, 0.1) is 5.92 Å². The van der Waals surface area contributed by atoms with Crippen molar-refractivity contribution in [2.75, 3.05) is 42.4 Å². The van der Waals surface area contributed by atoms with E-state index in [-0.39, 0.29) is 0 Å². The second-order valence-corrected chi connectivity index (χ2v) is 5.52. The number of nitrogens with one attached hydrogen (secondary N) is 1. The van der Waals surface area contributed by atoms with Gasteiger partial charge in [0.1, 0.15) is 0 Å². The van der Waals surface area contributed by atoms with Crippen LogP contribution in [0.3, 0.4) is 0 Å². The summed E-state index contributed by atoms with van der Waals surface area (Å²) in [7, 11) is 3.82. The number of anilines is 3. The fraction of sp³-hybridized carbons (Fsp3) is 0.769. The molecule has 0 aromatic carbocycles. The Bertz CT molecular complexity index is 427. The largest absolute Gasteiger partial charge is 0.347 e. The first-order valence-electron chi connectivity index (χ1n) is 7.29. The van der Waals surface area contributed by atoms with E-state index in [1.165, 1.54) is 25.7 Å². The second kappa shape index (κ2) is 6.69. The smallest absolute Gasteiger partial charge is 0.243 e. The molecule has 1 aliphatic heterocycles. The van der Waals surface area contributed by atoms with Crippen molar-refractivity contribution in [1.82, 2.24) is 15.0 Å². The summed E-state index contributed by atoms with van der Waals surface area (Å²) in [6.45, 7) is 4.26. The van der Waals surface area contributed by atoms with Crippen molar-refractivity contribution in [2.45, 2.75) is 32.6 Å². The van der Waals surface area contributed by atoms with Gasteiger partial charge in [0, 0.05) is 27.2 Å². The molecule has 1 aliphatic rings. The van der Waals surface area contributed by atoms with E-state index in [4.69, 9.17) is 5.84 Å². The number of hydrogen-bond acceptors (Lipinski definition) is 7. The maximum atomic E-state index is 5.44. The van der Waals surface area contributed by atoms with Crippen molar-refractivity contribution in [3.05, 3.63) is 0 Å². The van der Waals surface area contributed by atoms with Crippen LogP contribution in [-0.2, 0) is 0 Å². The zero-order valence-corrected chi connectivity index (χ0v) is 12.6. The predicted octanol–water partition coefficient (Wildman–Crippen LogP) is 1.24. The van der Waals surface area contributed by atoms with Gasteiger partial charge >= 0.3 is 0 Å². The molecule has 0 atom stereocenters. The van der Waals surface area contributed by atoms with Gasteiger partial charge < -0.3 is 9.80 Å². The van der Waals surface area contributed by atoms with E-state index in [2.05, 4.69) is 32.2 Å². The molecule has 0 spiro atoms. The summed E-state index contributed by atoms with van der Waals surface area (Å²) in [6, 6.07) is 0. The van der Waals surface area contributed by atoms with Gasteiger partial charge in [-0.15, -0.1) is 0 Å². The maximum absolute atomic E-state index is 5.44. The van der Waals surface area contributed by atoms with Crippen molar-refractivity contribution >= 4 is 17.8 Å². The lowest BCUT2D eigenvalue weighted by molar-refractivity contribution is 0.376. The lowest BCUT2D eigenvalue weighted by Gasteiger charge is -2.32. The quantitative estimate of drug-likeness (QED) is 0.619. The summed E-state index contributed by atoms with van der Waals surface area (Å²) < 4.78 is 0. The van der Waals surface area contributed by atoms with Gasteiger partial charge in [0.05, 0.1) is 0 Å². The van der Waals surface area contributed by atoms with E-state index in [1.807, 2.05) is 19.0 Å². The van der Waals surface area contributed by atoms with Crippen molar-refractivity contribution in [1.29, 1.82) is 0 Å². The number of rotatable bonds is 5. The predicted molar refractivity (Wildman–Crippen MR) is 81.8 cm³/mol. The molecule has 1 aromatic heterocycles. The van der Waals surface area contributed by atoms with Crippen LogP contribution in [0.15, 0.2) is 0 Å². The number of hydrogen-bond donors (Lipinski definition) is 2. The molecule has 112 valence electrons. The van der Waals surface area contributed by atoms with Gasteiger partial charge in [-0.25, -0.2) is 5.84 Å². The van der Waals surface area contributed by atoms with Gasteiger partial charge in [0.2, 0.25) is 17.8 Å². The molecule has 7 heteroatoms. The third-order valence-electron chi connectivity index (χ3n) is 3.74. The summed E-state index contributed by atoms with van der Waals surface area (Å²) in [6.07, 6.45) is 5.01. The number of nitrogens with two attached hydrogens (primary N) is 1. The summed E-state index contributed by atoms with van der Waals surface area (Å²) >= 11 is 0. The van der Waals surface area contributed by atoms with Crippen LogP contribution in [-0.4, -0.2) is 42.1 Å². The molecule has 0 saturated carbocycles. The number of nitrogens with zero attached hydrogens (tertiary/aromatic N) is 5. The zero-order valence-electron chi connectivity index (χ0n) is 12.6. The fourth-order valence-corrected chi connectivity index (χ4v) is 2.59. The molecule has 0 amide bonds. The van der Waals surface area contributed by atoms with E-state index in [0.717, 1.165) is 19.0 Å². The molecule has 2 rings (SSSR count). The first kappa shape index (κ1) is 14.8. The summed E-state index contributed by atoms with van der Waals surface area (Å²) in [5.41, 5.74) is 2.52. The molecule has 1 aromatic rings. The Balaban J connectivity index is 2.10. The van der Waals surface area contributed by atoms with Crippen LogP contribution in [0.2, 0.25) is 0 Å². The average molecular weight is 279 g/mol. The Kier molecular flexibility index (Phi) is 4.94. The third-order valence-corrected chi connectivity index (χ3v) is 3.74. The Hall–Kier alpha value is -1.63. The van der Waals surface area contributed by atoms with Gasteiger partial charge in [-0.3, -0.25) is 5.43 Å². The van der Waals surface area contributed by atoms with Gasteiger partial charge in [0.25, 0.3) is 0 Å². The monoisotopic (exact) mass is 279 g/mol. The van der Waals surface area contributed by atoms with Crippen molar-refractivity contribution < 1.29 is 0 Å². The van der Waals surface area contributed by atoms with E-state index < -0.39 is 0 Å². The minimum Gasteiger partial charge on any atom is -0.347 e. The molecular weight excluding hydrogens is 254 g/mol. The molecule has 3 N–H and O–H groups in total. The molecule has 1 saturated heterocycles. The first-order chi connectivity index (χ1) is 9.63. The van der Waals surface area contributed by atoms with Crippen LogP contribution >= 0.6 is 0 Å². The van der Waals surface area contributed by atoms with Gasteiger partial charge in [-0.1, -0.05) is 19.8 Å². The van der Waals surface area contributed by atoms with E-state index in [0.29, 0.717) is 17.8 Å². The van der Waals surface area contributed by atoms with Gasteiger partial charge in [-0.05, 0) is 18.8 Å². The highest BCUT2D eigenvalue weighted by Crippen LogP contribution is 2.25. The summed E-state index contributed by atoms with van der Waals surface area (Å²) in [5, 5.41) is 0. The third kappa shape index (κ3) is 3.47. The first-order valence-corrected chi connectivity index (χ1v) is 7.29. The van der Waals surface area contributed by atoms with Crippen molar-refractivity contribution in [2.24, 2.45) is 11.8 Å². The normalized spacial score (nSPS) is 16.3. The molecule has 0 bridgehead atoms. The lowest BCUT2D eigenvalue weighted by Crippen LogP contribution is -2.35. The number of piperidine rings is 1. The highest BCUT2D eigenvalue weighted by Gasteiger charge is 2.21. The van der Waals surface area contributed by atoms with Crippen molar-refractivity contribution in [3.63, 3.8) is 0 Å². The lowest BCUT2D eigenvalue weighted by atomic mass is 9.93. The second-order valence-electron chi connectivity index (χ2n) is 5.52. The van der Waals surface area contributed by atoms with E-state index >= 15 is 0 Å². The zero-order chi connectivity index (χ0) is 14.5. The molecule has 20 heavy (non-hydrogen) atoms. The standard InChI is InChI=1S/C13H25N7/c1-4-5-10-6-8-20(9-7-10)13-16-11(18-14)15-12(17-13)19(2)3/h10H,4-9,14H2,1-3H3,(H,15,16,17,18). The Morgan fingerprint density at radius 3 is 2.50 bits per heavy atom. The molecule has 0 unspecified atom stereocenters. The Morgan fingerprint density at radius 2 is 1.95 bits per heavy atom. The fourth-order valence-electron chi connectivity index (χ4n) is 2.59. The molecular formula is C13H25N7. The number of aromatic nitrogens is 3. The maximum Gasteiger partial charge on any atom is 0.243 e. The molecule has 7 nitrogen and oxygen atoms in total. The van der Waals surface area contributed by atoms with Crippen LogP contribution < -0.4 is 21.1 Å². The van der Waals surface area contributed by atoms with Gasteiger partial charge in [-0.2, -0.15) is 15.0 Å². The van der Waals surface area contributed by atoms with Gasteiger partial charge in [0.15, 0.2) is 0 Å². The number of hydrazine groups is 1. The van der Waals surface area contributed by atoms with Crippen molar-refractivity contribution in [3.8, 4) is 0 Å². The Labute approximate surface area is 120 Å². The molecule has 0 radical (unpaired) electrons. The Morgan fingerprint density at radius 1 is 1.25 bits per heavy atom. The summed E-state index contributed by atoms with van der Waals surface area (Å²) in [4.78, 5) is 17.2. The van der Waals surface area contributed by atoms with Crippen LogP contribution in [0.4, 0.5) is 17.8 Å². The topological polar surface area (TPSA) is 83.2 Å². The molecule has 2 heterocycles. The van der Waals surface area contributed by atoms with Crippen LogP contribution in [0.25, 0.3) is 0 Å². The molecule has 0 aliphatic carbocycles. The SMILES string of the molecule is CCCC1CCN(c2nc(NN)nc(N(C)C)n2)CC1. The molecule has 1 fully saturated rings.